The van der Waals surface area contributed by atoms with Gasteiger partial charge in [0.1, 0.15) is 0 Å². The SMILES string of the molecule is CC(C)=CCN1CC2(CCCC2)NCc2ccccc21. The molecule has 3 rings (SSSR count). The quantitative estimate of drug-likeness (QED) is 0.821. The second-order valence-electron chi connectivity index (χ2n) is 6.63. The van der Waals surface area contributed by atoms with E-state index in [0.29, 0.717) is 5.54 Å². The van der Waals surface area contributed by atoms with Gasteiger partial charge >= 0.3 is 0 Å². The molecule has 0 radical (unpaired) electrons. The van der Waals surface area contributed by atoms with Crippen LogP contribution in [0.3, 0.4) is 0 Å². The average Bonchev–Trinajstić information content (AvgIpc) is 2.83. The zero-order valence-electron chi connectivity index (χ0n) is 12.8. The first kappa shape index (κ1) is 13.7. The van der Waals surface area contributed by atoms with Crippen LogP contribution in [0, 0.1) is 0 Å². The van der Waals surface area contributed by atoms with E-state index < -0.39 is 0 Å². The lowest BCUT2D eigenvalue weighted by Crippen LogP contribution is -2.49. The zero-order chi connectivity index (χ0) is 14.0. The van der Waals surface area contributed by atoms with Crippen LogP contribution < -0.4 is 10.2 Å². The number of allylic oxidation sites excluding steroid dienone is 1. The predicted molar refractivity (Wildman–Crippen MR) is 86.1 cm³/mol. The molecule has 0 amide bonds. The minimum absolute atomic E-state index is 0.342. The molecule has 0 saturated heterocycles. The summed E-state index contributed by atoms with van der Waals surface area (Å²) in [6, 6.07) is 8.88. The molecule has 2 aliphatic rings. The van der Waals surface area contributed by atoms with Gasteiger partial charge in [0, 0.05) is 30.9 Å². The van der Waals surface area contributed by atoms with Gasteiger partial charge in [-0.2, -0.15) is 0 Å². The van der Waals surface area contributed by atoms with Crippen molar-refractivity contribution in [3.05, 3.63) is 41.5 Å². The van der Waals surface area contributed by atoms with E-state index in [9.17, 15) is 0 Å². The normalized spacial score (nSPS) is 20.6. The molecule has 108 valence electrons. The lowest BCUT2D eigenvalue weighted by Gasteiger charge is -2.34. The smallest absolute Gasteiger partial charge is 0.0415 e. The maximum Gasteiger partial charge on any atom is 0.0415 e. The third kappa shape index (κ3) is 2.76. The summed E-state index contributed by atoms with van der Waals surface area (Å²) < 4.78 is 0. The van der Waals surface area contributed by atoms with Gasteiger partial charge in [-0.25, -0.2) is 0 Å². The van der Waals surface area contributed by atoms with Crippen LogP contribution in [-0.2, 0) is 6.54 Å². The molecule has 2 nitrogen and oxygen atoms in total. The van der Waals surface area contributed by atoms with Crippen LogP contribution in [0.1, 0.15) is 45.1 Å². The van der Waals surface area contributed by atoms with Crippen LogP contribution in [0.25, 0.3) is 0 Å². The van der Waals surface area contributed by atoms with E-state index in [1.54, 1.807) is 0 Å². The summed E-state index contributed by atoms with van der Waals surface area (Å²) in [6.45, 7) is 7.57. The molecule has 1 aliphatic carbocycles. The number of hydrogen-bond donors (Lipinski definition) is 1. The number of anilines is 1. The Kier molecular flexibility index (Phi) is 3.84. The Morgan fingerprint density at radius 3 is 2.75 bits per heavy atom. The van der Waals surface area contributed by atoms with E-state index in [2.05, 4.69) is 54.4 Å². The zero-order valence-corrected chi connectivity index (χ0v) is 12.8. The first-order valence-corrected chi connectivity index (χ1v) is 7.90. The highest BCUT2D eigenvalue weighted by molar-refractivity contribution is 5.55. The molecule has 1 aromatic rings. The van der Waals surface area contributed by atoms with Crippen molar-refractivity contribution in [2.75, 3.05) is 18.0 Å². The molecular formula is C18H26N2. The highest BCUT2D eigenvalue weighted by Crippen LogP contribution is 2.35. The molecule has 1 fully saturated rings. The van der Waals surface area contributed by atoms with E-state index in [4.69, 9.17) is 0 Å². The Morgan fingerprint density at radius 2 is 2.00 bits per heavy atom. The van der Waals surface area contributed by atoms with Crippen molar-refractivity contribution >= 4 is 5.69 Å². The van der Waals surface area contributed by atoms with Crippen molar-refractivity contribution in [2.24, 2.45) is 0 Å². The van der Waals surface area contributed by atoms with E-state index in [-0.39, 0.29) is 0 Å². The Hall–Kier alpha value is -1.28. The molecular weight excluding hydrogens is 244 g/mol. The molecule has 20 heavy (non-hydrogen) atoms. The standard InChI is InChI=1S/C18H26N2/c1-15(2)9-12-20-14-18(10-5-6-11-18)19-13-16-7-3-4-8-17(16)20/h3-4,7-9,19H,5-6,10-14H2,1-2H3. The second-order valence-corrected chi connectivity index (χ2v) is 6.63. The minimum atomic E-state index is 0.342. The maximum atomic E-state index is 3.87. The van der Waals surface area contributed by atoms with Gasteiger partial charge in [-0.3, -0.25) is 0 Å². The van der Waals surface area contributed by atoms with Gasteiger partial charge < -0.3 is 10.2 Å². The number of rotatable bonds is 2. The molecule has 0 unspecified atom stereocenters. The maximum absolute atomic E-state index is 3.87. The van der Waals surface area contributed by atoms with Crippen LogP contribution in [0.4, 0.5) is 5.69 Å². The number of nitrogens with zero attached hydrogens (tertiary/aromatic N) is 1. The topological polar surface area (TPSA) is 15.3 Å². The van der Waals surface area contributed by atoms with E-state index >= 15 is 0 Å². The predicted octanol–water partition coefficient (Wildman–Crippen LogP) is 3.88. The summed E-state index contributed by atoms with van der Waals surface area (Å²) in [5.41, 5.74) is 4.61. The summed E-state index contributed by atoms with van der Waals surface area (Å²) in [4.78, 5) is 2.58. The molecule has 0 aromatic heterocycles. The molecule has 1 saturated carbocycles. The molecule has 1 N–H and O–H groups in total. The number of nitrogens with one attached hydrogen (secondary N) is 1. The highest BCUT2D eigenvalue weighted by Gasteiger charge is 2.37. The van der Waals surface area contributed by atoms with Crippen molar-refractivity contribution in [2.45, 2.75) is 51.6 Å². The van der Waals surface area contributed by atoms with Crippen molar-refractivity contribution in [3.8, 4) is 0 Å². The van der Waals surface area contributed by atoms with E-state index in [1.165, 1.54) is 42.5 Å². The van der Waals surface area contributed by atoms with Crippen molar-refractivity contribution in [1.82, 2.24) is 5.32 Å². The van der Waals surface area contributed by atoms with Gasteiger partial charge in [-0.05, 0) is 38.3 Å². The van der Waals surface area contributed by atoms with Gasteiger partial charge in [0.05, 0.1) is 0 Å². The number of para-hydroxylation sites is 1. The summed E-state index contributed by atoms with van der Waals surface area (Å²) in [7, 11) is 0. The number of fused-ring (bicyclic) bond motifs is 1. The van der Waals surface area contributed by atoms with E-state index in [1.807, 2.05) is 0 Å². The van der Waals surface area contributed by atoms with Crippen LogP contribution in [0.15, 0.2) is 35.9 Å². The molecule has 0 bridgehead atoms. The summed E-state index contributed by atoms with van der Waals surface area (Å²) >= 11 is 0. The Bertz CT molecular complexity index is 494. The number of hydrogen-bond acceptors (Lipinski definition) is 2. The second kappa shape index (κ2) is 5.61. The van der Waals surface area contributed by atoms with Crippen molar-refractivity contribution < 1.29 is 0 Å². The lowest BCUT2D eigenvalue weighted by atomic mass is 9.97. The summed E-state index contributed by atoms with van der Waals surface area (Å²) in [5.74, 6) is 0. The van der Waals surface area contributed by atoms with Crippen molar-refractivity contribution in [3.63, 3.8) is 0 Å². The van der Waals surface area contributed by atoms with Crippen LogP contribution >= 0.6 is 0 Å². The van der Waals surface area contributed by atoms with Crippen LogP contribution in [-0.4, -0.2) is 18.6 Å². The fourth-order valence-electron chi connectivity index (χ4n) is 3.60. The fraction of sp³-hybridized carbons (Fsp3) is 0.556. The summed E-state index contributed by atoms with van der Waals surface area (Å²) in [6.07, 6.45) is 7.75. The largest absolute Gasteiger partial charge is 0.366 e. The molecule has 1 spiro atoms. The lowest BCUT2D eigenvalue weighted by molar-refractivity contribution is 0.340. The Balaban J connectivity index is 1.91. The Morgan fingerprint density at radius 1 is 1.25 bits per heavy atom. The first-order chi connectivity index (χ1) is 9.69. The molecule has 1 aliphatic heterocycles. The van der Waals surface area contributed by atoms with Gasteiger partial charge in [0.2, 0.25) is 0 Å². The molecule has 1 aromatic carbocycles. The minimum Gasteiger partial charge on any atom is -0.366 e. The molecule has 2 heteroatoms. The first-order valence-electron chi connectivity index (χ1n) is 7.90. The monoisotopic (exact) mass is 270 g/mol. The number of benzene rings is 1. The summed E-state index contributed by atoms with van der Waals surface area (Å²) in [5, 5.41) is 3.87. The van der Waals surface area contributed by atoms with Gasteiger partial charge in [-0.15, -0.1) is 0 Å². The van der Waals surface area contributed by atoms with Crippen molar-refractivity contribution in [1.29, 1.82) is 0 Å². The average molecular weight is 270 g/mol. The van der Waals surface area contributed by atoms with Gasteiger partial charge in [0.25, 0.3) is 0 Å². The Labute approximate surface area is 122 Å². The van der Waals surface area contributed by atoms with Gasteiger partial charge in [-0.1, -0.05) is 42.7 Å². The third-order valence-corrected chi connectivity index (χ3v) is 4.76. The van der Waals surface area contributed by atoms with Crippen LogP contribution in [0.5, 0.6) is 0 Å². The van der Waals surface area contributed by atoms with Gasteiger partial charge in [0.15, 0.2) is 0 Å². The third-order valence-electron chi connectivity index (χ3n) is 4.76. The van der Waals surface area contributed by atoms with Crippen LogP contribution in [0.2, 0.25) is 0 Å². The molecule has 1 heterocycles. The van der Waals surface area contributed by atoms with E-state index in [0.717, 1.165) is 19.6 Å². The highest BCUT2D eigenvalue weighted by atomic mass is 15.2. The molecule has 0 atom stereocenters. The fourth-order valence-corrected chi connectivity index (χ4v) is 3.60.